The molecule has 1 aromatic carbocycles. The molecular formula is C14H14N2O4S2. The van der Waals surface area contributed by atoms with Gasteiger partial charge in [0, 0.05) is 17.7 Å². The summed E-state index contributed by atoms with van der Waals surface area (Å²) in [7, 11) is 0. The summed E-state index contributed by atoms with van der Waals surface area (Å²) in [6, 6.07) is 4.32. The van der Waals surface area contributed by atoms with Gasteiger partial charge in [-0.2, -0.15) is 0 Å². The van der Waals surface area contributed by atoms with Crippen LogP contribution in [0.5, 0.6) is 5.75 Å². The zero-order chi connectivity index (χ0) is 16.1. The fraction of sp³-hybridized carbons (Fsp3) is 0.286. The summed E-state index contributed by atoms with van der Waals surface area (Å²) in [6.45, 7) is 2.46. The molecule has 0 aromatic heterocycles. The van der Waals surface area contributed by atoms with Crippen molar-refractivity contribution >= 4 is 44.8 Å². The molecule has 8 heteroatoms. The largest absolute Gasteiger partial charge is 0.493 e. The molecule has 0 atom stereocenters. The van der Waals surface area contributed by atoms with Gasteiger partial charge >= 0.3 is 0 Å². The zero-order valence-corrected chi connectivity index (χ0v) is 13.7. The summed E-state index contributed by atoms with van der Waals surface area (Å²) in [6.07, 6.45) is 4.19. The molecule has 1 aromatic rings. The maximum Gasteiger partial charge on any atom is 0.270 e. The number of hydrogen-bond acceptors (Lipinski definition) is 7. The van der Waals surface area contributed by atoms with Crippen molar-refractivity contribution in [1.82, 2.24) is 0 Å². The molecule has 0 N–H and O–H groups in total. The molecule has 0 aliphatic carbocycles. The van der Waals surface area contributed by atoms with E-state index in [0.29, 0.717) is 22.3 Å². The van der Waals surface area contributed by atoms with Crippen LogP contribution in [-0.2, 0) is 4.79 Å². The normalized spacial score (nSPS) is 16.0. The van der Waals surface area contributed by atoms with Crippen LogP contribution in [0.4, 0.5) is 5.69 Å². The van der Waals surface area contributed by atoms with E-state index in [2.05, 4.69) is 4.99 Å². The molecule has 0 saturated heterocycles. The van der Waals surface area contributed by atoms with E-state index in [1.54, 1.807) is 6.07 Å². The molecule has 1 aliphatic rings. The molecule has 1 heterocycles. The van der Waals surface area contributed by atoms with Gasteiger partial charge in [-0.15, -0.1) is 11.8 Å². The number of thioether (sulfide) groups is 2. The number of rotatable bonds is 5. The maximum absolute atomic E-state index is 11.9. The molecular weight excluding hydrogens is 324 g/mol. The minimum atomic E-state index is -0.479. The quantitative estimate of drug-likeness (QED) is 0.462. The van der Waals surface area contributed by atoms with Crippen LogP contribution in [0.1, 0.15) is 18.9 Å². The Bertz CT molecular complexity index is 671. The number of nitro benzene ring substituents is 1. The summed E-state index contributed by atoms with van der Waals surface area (Å²) >= 11 is 2.45. The zero-order valence-electron chi connectivity index (χ0n) is 12.1. The lowest BCUT2D eigenvalue weighted by molar-refractivity contribution is -0.384. The second-order valence-corrected chi connectivity index (χ2v) is 6.34. The fourth-order valence-electron chi connectivity index (χ4n) is 1.73. The molecule has 1 aliphatic heterocycles. The lowest BCUT2D eigenvalue weighted by atomic mass is 10.1. The Morgan fingerprint density at radius 3 is 2.86 bits per heavy atom. The number of hydrogen-bond donors (Lipinski definition) is 0. The first-order chi connectivity index (χ1) is 10.5. The number of aliphatic imine (C=N–C) groups is 1. The Balaban J connectivity index is 2.42. The Kier molecular flexibility index (Phi) is 5.62. The van der Waals surface area contributed by atoms with Crippen molar-refractivity contribution in [3.05, 3.63) is 39.6 Å². The van der Waals surface area contributed by atoms with Gasteiger partial charge in [0.25, 0.3) is 5.69 Å². The summed E-state index contributed by atoms with van der Waals surface area (Å²) in [5, 5.41) is 10.8. The smallest absolute Gasteiger partial charge is 0.270 e. The molecule has 0 saturated carbocycles. The number of carbonyl (C=O) groups is 1. The van der Waals surface area contributed by atoms with Gasteiger partial charge in [0.05, 0.1) is 11.5 Å². The highest BCUT2D eigenvalue weighted by Gasteiger charge is 2.22. The molecule has 0 radical (unpaired) electrons. The Labute approximate surface area is 136 Å². The first-order valence-electron chi connectivity index (χ1n) is 6.53. The van der Waals surface area contributed by atoms with E-state index < -0.39 is 4.92 Å². The Morgan fingerprint density at radius 1 is 1.50 bits per heavy atom. The third-order valence-electron chi connectivity index (χ3n) is 2.73. The van der Waals surface area contributed by atoms with Crippen LogP contribution < -0.4 is 4.74 Å². The number of carbonyl (C=O) groups excluding carboxylic acids is 1. The second kappa shape index (κ2) is 7.46. The van der Waals surface area contributed by atoms with Crippen LogP contribution in [0.2, 0.25) is 0 Å². The van der Waals surface area contributed by atoms with Gasteiger partial charge < -0.3 is 4.74 Å². The van der Waals surface area contributed by atoms with Gasteiger partial charge in [-0.3, -0.25) is 14.9 Å². The summed E-state index contributed by atoms with van der Waals surface area (Å²) < 4.78 is 6.25. The number of non-ortho nitro benzene ring substituents is 1. The summed E-state index contributed by atoms with van der Waals surface area (Å²) in [5.41, 5.74) is 0.705. The molecule has 0 unspecified atom stereocenters. The highest BCUT2D eigenvalue weighted by atomic mass is 32.2. The van der Waals surface area contributed by atoms with E-state index in [-0.39, 0.29) is 16.5 Å². The van der Waals surface area contributed by atoms with Crippen LogP contribution >= 0.6 is 23.5 Å². The fourth-order valence-corrected chi connectivity index (χ4v) is 2.99. The van der Waals surface area contributed by atoms with Crippen molar-refractivity contribution in [2.45, 2.75) is 13.3 Å². The van der Waals surface area contributed by atoms with Crippen molar-refractivity contribution in [2.75, 3.05) is 12.9 Å². The van der Waals surface area contributed by atoms with Gasteiger partial charge in [0.2, 0.25) is 5.12 Å². The highest BCUT2D eigenvalue weighted by molar-refractivity contribution is 8.45. The highest BCUT2D eigenvalue weighted by Crippen LogP contribution is 2.32. The van der Waals surface area contributed by atoms with Crippen molar-refractivity contribution in [3.63, 3.8) is 0 Å². The van der Waals surface area contributed by atoms with Gasteiger partial charge in [0.1, 0.15) is 15.8 Å². The van der Waals surface area contributed by atoms with Crippen molar-refractivity contribution in [1.29, 1.82) is 0 Å². The lowest BCUT2D eigenvalue weighted by Gasteiger charge is -2.08. The summed E-state index contributed by atoms with van der Waals surface area (Å²) in [4.78, 5) is 26.5. The van der Waals surface area contributed by atoms with Gasteiger partial charge in [-0.25, -0.2) is 4.99 Å². The average Bonchev–Trinajstić information content (AvgIpc) is 2.86. The molecule has 116 valence electrons. The minimum absolute atomic E-state index is 0.0529. The topological polar surface area (TPSA) is 81.8 Å². The average molecular weight is 338 g/mol. The van der Waals surface area contributed by atoms with Crippen molar-refractivity contribution in [2.24, 2.45) is 4.99 Å². The van der Waals surface area contributed by atoms with Crippen LogP contribution in [0.15, 0.2) is 28.9 Å². The third-order valence-corrected chi connectivity index (χ3v) is 4.58. The van der Waals surface area contributed by atoms with Gasteiger partial charge in [-0.05, 0) is 36.6 Å². The summed E-state index contributed by atoms with van der Waals surface area (Å²) in [5.74, 6) is 0.505. The second-order valence-electron chi connectivity index (χ2n) is 4.33. The number of nitrogens with zero attached hydrogens (tertiary/aromatic N) is 2. The van der Waals surface area contributed by atoms with Crippen LogP contribution in [-0.4, -0.2) is 27.3 Å². The molecule has 0 amide bonds. The van der Waals surface area contributed by atoms with E-state index in [1.807, 2.05) is 13.2 Å². The molecule has 6 nitrogen and oxygen atoms in total. The van der Waals surface area contributed by atoms with E-state index in [9.17, 15) is 14.9 Å². The van der Waals surface area contributed by atoms with E-state index in [4.69, 9.17) is 4.74 Å². The first-order valence-corrected chi connectivity index (χ1v) is 8.57. The van der Waals surface area contributed by atoms with Crippen molar-refractivity contribution < 1.29 is 14.5 Å². The number of ether oxygens (including phenoxy) is 1. The van der Waals surface area contributed by atoms with E-state index in [0.717, 1.165) is 18.2 Å². The number of nitro groups is 1. The van der Waals surface area contributed by atoms with Crippen LogP contribution in [0.3, 0.4) is 0 Å². The lowest BCUT2D eigenvalue weighted by Crippen LogP contribution is -1.99. The molecule has 2 rings (SSSR count). The SMILES string of the molecule is CCCOc1ccc([N+](=O)[O-])cc1C=C1N=C(SC)SC1=O. The standard InChI is InChI=1S/C14H14N2O4S2/c1-3-6-20-12-5-4-10(16(18)19)7-9(12)8-11-13(17)22-14(15-11)21-2/h4-5,7-8H,3,6H2,1-2H3. The van der Waals surface area contributed by atoms with Gasteiger partial charge in [-0.1, -0.05) is 6.92 Å². The maximum atomic E-state index is 11.9. The van der Waals surface area contributed by atoms with Crippen LogP contribution in [0, 0.1) is 10.1 Å². The van der Waals surface area contributed by atoms with Crippen molar-refractivity contribution in [3.8, 4) is 5.75 Å². The Morgan fingerprint density at radius 2 is 2.27 bits per heavy atom. The Hall–Kier alpha value is -1.80. The molecule has 0 fully saturated rings. The number of benzene rings is 1. The third kappa shape index (κ3) is 3.89. The van der Waals surface area contributed by atoms with E-state index in [1.165, 1.54) is 30.0 Å². The monoisotopic (exact) mass is 338 g/mol. The predicted octanol–water partition coefficient (Wildman–Crippen LogP) is 3.72. The molecule has 0 spiro atoms. The van der Waals surface area contributed by atoms with Crippen LogP contribution in [0.25, 0.3) is 6.08 Å². The van der Waals surface area contributed by atoms with E-state index >= 15 is 0 Å². The molecule has 22 heavy (non-hydrogen) atoms. The molecule has 0 bridgehead atoms. The first kappa shape index (κ1) is 16.6. The minimum Gasteiger partial charge on any atom is -0.493 e. The predicted molar refractivity (Wildman–Crippen MR) is 90.4 cm³/mol. The van der Waals surface area contributed by atoms with Gasteiger partial charge in [0.15, 0.2) is 0 Å².